The van der Waals surface area contributed by atoms with Crippen LogP contribution in [0.2, 0.25) is 0 Å². The first-order valence-electron chi connectivity index (χ1n) is 5.94. The SMILES string of the molecule is BrC/C(=N/N1CCCCC1)c1ccc(Br)cc1. The van der Waals surface area contributed by atoms with E-state index in [9.17, 15) is 0 Å². The van der Waals surface area contributed by atoms with E-state index < -0.39 is 0 Å². The van der Waals surface area contributed by atoms with Crippen molar-refractivity contribution in [1.82, 2.24) is 5.01 Å². The molecule has 0 amide bonds. The molecule has 1 saturated heterocycles. The molecule has 0 spiro atoms. The van der Waals surface area contributed by atoms with Gasteiger partial charge in [0.2, 0.25) is 0 Å². The molecule has 1 aromatic carbocycles. The van der Waals surface area contributed by atoms with Gasteiger partial charge >= 0.3 is 0 Å². The average molecular weight is 360 g/mol. The number of hydrogen-bond donors (Lipinski definition) is 0. The highest BCUT2D eigenvalue weighted by Crippen LogP contribution is 2.14. The Bertz CT molecular complexity index is 381. The number of nitrogens with zero attached hydrogens (tertiary/aromatic N) is 2. The van der Waals surface area contributed by atoms with Gasteiger partial charge in [0, 0.05) is 22.9 Å². The number of halogens is 2. The third-order valence-corrected chi connectivity index (χ3v) is 3.96. The summed E-state index contributed by atoms with van der Waals surface area (Å²) in [4.78, 5) is 0. The van der Waals surface area contributed by atoms with Crippen LogP contribution in [0, 0.1) is 0 Å². The van der Waals surface area contributed by atoms with Crippen molar-refractivity contribution in [3.63, 3.8) is 0 Å². The summed E-state index contributed by atoms with van der Waals surface area (Å²) in [7, 11) is 0. The monoisotopic (exact) mass is 358 g/mol. The fourth-order valence-electron chi connectivity index (χ4n) is 1.95. The van der Waals surface area contributed by atoms with Gasteiger partial charge in [-0.05, 0) is 37.0 Å². The second kappa shape index (κ2) is 6.55. The van der Waals surface area contributed by atoms with Crippen LogP contribution in [0.5, 0.6) is 0 Å². The Morgan fingerprint density at radius 1 is 1.12 bits per heavy atom. The van der Waals surface area contributed by atoms with Gasteiger partial charge in [0.05, 0.1) is 5.71 Å². The van der Waals surface area contributed by atoms with E-state index >= 15 is 0 Å². The minimum atomic E-state index is 0.797. The summed E-state index contributed by atoms with van der Waals surface area (Å²) in [5.74, 6) is 0. The van der Waals surface area contributed by atoms with E-state index in [4.69, 9.17) is 5.10 Å². The Morgan fingerprint density at radius 2 is 1.76 bits per heavy atom. The highest BCUT2D eigenvalue weighted by atomic mass is 79.9. The van der Waals surface area contributed by atoms with Crippen LogP contribution in [0.15, 0.2) is 33.8 Å². The van der Waals surface area contributed by atoms with Gasteiger partial charge in [0.25, 0.3) is 0 Å². The van der Waals surface area contributed by atoms with E-state index in [0.29, 0.717) is 0 Å². The van der Waals surface area contributed by atoms with Crippen molar-refractivity contribution in [2.75, 3.05) is 18.4 Å². The summed E-state index contributed by atoms with van der Waals surface area (Å²) < 4.78 is 1.10. The molecule has 2 nitrogen and oxygen atoms in total. The van der Waals surface area contributed by atoms with Gasteiger partial charge in [-0.2, -0.15) is 5.10 Å². The van der Waals surface area contributed by atoms with Gasteiger partial charge in [-0.3, -0.25) is 5.01 Å². The predicted molar refractivity (Wildman–Crippen MR) is 79.9 cm³/mol. The number of hydrogen-bond acceptors (Lipinski definition) is 2. The summed E-state index contributed by atoms with van der Waals surface area (Å²) in [5.41, 5.74) is 2.30. The number of benzene rings is 1. The minimum absolute atomic E-state index is 0.797. The van der Waals surface area contributed by atoms with Crippen molar-refractivity contribution in [1.29, 1.82) is 0 Å². The number of alkyl halides is 1. The molecule has 0 atom stereocenters. The van der Waals surface area contributed by atoms with Crippen LogP contribution in [0.25, 0.3) is 0 Å². The van der Waals surface area contributed by atoms with Crippen LogP contribution in [0.1, 0.15) is 24.8 Å². The Morgan fingerprint density at radius 3 is 2.35 bits per heavy atom. The molecule has 0 unspecified atom stereocenters. The van der Waals surface area contributed by atoms with Crippen molar-refractivity contribution in [3.05, 3.63) is 34.3 Å². The average Bonchev–Trinajstić information content (AvgIpc) is 2.38. The third-order valence-electron chi connectivity index (χ3n) is 2.90. The Kier molecular flexibility index (Phi) is 5.04. The Balaban J connectivity index is 2.14. The lowest BCUT2D eigenvalue weighted by Gasteiger charge is -2.24. The molecule has 1 aliphatic heterocycles. The molecule has 1 aliphatic rings. The summed E-state index contributed by atoms with van der Waals surface area (Å²) >= 11 is 6.98. The fraction of sp³-hybridized carbons (Fsp3) is 0.462. The molecule has 0 aromatic heterocycles. The lowest BCUT2D eigenvalue weighted by atomic mass is 10.1. The quantitative estimate of drug-likeness (QED) is 0.587. The molecule has 2 rings (SSSR count). The lowest BCUT2D eigenvalue weighted by Crippen LogP contribution is -2.26. The van der Waals surface area contributed by atoms with Crippen molar-refractivity contribution >= 4 is 37.6 Å². The van der Waals surface area contributed by atoms with Crippen molar-refractivity contribution in [2.45, 2.75) is 19.3 Å². The summed E-state index contributed by atoms with van der Waals surface area (Å²) in [6.07, 6.45) is 3.87. The summed E-state index contributed by atoms with van der Waals surface area (Å²) in [5, 5.41) is 7.74. The normalized spacial score (nSPS) is 17.3. The van der Waals surface area contributed by atoms with Crippen molar-refractivity contribution in [2.24, 2.45) is 5.10 Å². The molecule has 92 valence electrons. The molecule has 0 saturated carbocycles. The first kappa shape index (κ1) is 13.1. The van der Waals surface area contributed by atoms with E-state index in [1.54, 1.807) is 0 Å². The topological polar surface area (TPSA) is 15.6 Å². The highest BCUT2D eigenvalue weighted by Gasteiger charge is 2.09. The number of piperidine rings is 1. The first-order chi connectivity index (χ1) is 8.29. The highest BCUT2D eigenvalue weighted by molar-refractivity contribution is 9.10. The van der Waals surface area contributed by atoms with E-state index in [0.717, 1.165) is 28.6 Å². The van der Waals surface area contributed by atoms with Crippen LogP contribution >= 0.6 is 31.9 Å². The zero-order chi connectivity index (χ0) is 12.1. The minimum Gasteiger partial charge on any atom is -0.297 e. The largest absolute Gasteiger partial charge is 0.297 e. The molecule has 1 heterocycles. The zero-order valence-electron chi connectivity index (χ0n) is 9.70. The maximum atomic E-state index is 4.74. The van der Waals surface area contributed by atoms with Gasteiger partial charge in [0.15, 0.2) is 0 Å². The molecule has 0 aliphatic carbocycles. The Labute approximate surface area is 119 Å². The van der Waals surface area contributed by atoms with Gasteiger partial charge in [-0.25, -0.2) is 0 Å². The van der Waals surface area contributed by atoms with E-state index in [1.165, 1.54) is 24.8 Å². The molecule has 17 heavy (non-hydrogen) atoms. The van der Waals surface area contributed by atoms with Crippen LogP contribution in [0.3, 0.4) is 0 Å². The smallest absolute Gasteiger partial charge is 0.0782 e. The molecule has 0 bridgehead atoms. The van der Waals surface area contributed by atoms with E-state index in [1.807, 2.05) is 0 Å². The molecule has 1 fully saturated rings. The van der Waals surface area contributed by atoms with Gasteiger partial charge < -0.3 is 0 Å². The Hall–Kier alpha value is -0.350. The van der Waals surface area contributed by atoms with Crippen LogP contribution in [0.4, 0.5) is 0 Å². The molecule has 4 heteroatoms. The van der Waals surface area contributed by atoms with E-state index in [2.05, 4.69) is 61.1 Å². The maximum Gasteiger partial charge on any atom is 0.0782 e. The third kappa shape index (κ3) is 3.81. The summed E-state index contributed by atoms with van der Waals surface area (Å²) in [6, 6.07) is 8.33. The first-order valence-corrected chi connectivity index (χ1v) is 7.85. The maximum absolute atomic E-state index is 4.74. The number of hydrazone groups is 1. The van der Waals surface area contributed by atoms with Gasteiger partial charge in [-0.1, -0.05) is 44.0 Å². The van der Waals surface area contributed by atoms with Gasteiger partial charge in [0.1, 0.15) is 0 Å². The molecule has 0 radical (unpaired) electrons. The van der Waals surface area contributed by atoms with E-state index in [-0.39, 0.29) is 0 Å². The fourth-order valence-corrected chi connectivity index (χ4v) is 2.65. The summed E-state index contributed by atoms with van der Waals surface area (Å²) in [6.45, 7) is 2.18. The van der Waals surface area contributed by atoms with Gasteiger partial charge in [-0.15, -0.1) is 0 Å². The van der Waals surface area contributed by atoms with Crippen molar-refractivity contribution < 1.29 is 0 Å². The molecule has 0 N–H and O–H groups in total. The second-order valence-corrected chi connectivity index (χ2v) is 5.68. The molecule has 1 aromatic rings. The van der Waals surface area contributed by atoms with Crippen LogP contribution in [-0.2, 0) is 0 Å². The number of rotatable bonds is 3. The second-order valence-electron chi connectivity index (χ2n) is 4.20. The predicted octanol–water partition coefficient (Wildman–Crippen LogP) is 4.03. The van der Waals surface area contributed by atoms with Crippen molar-refractivity contribution in [3.8, 4) is 0 Å². The lowest BCUT2D eigenvalue weighted by molar-refractivity contribution is 0.239. The molecular formula is C13H16Br2N2. The standard InChI is InChI=1S/C13H16Br2N2/c14-10-13(11-4-6-12(15)7-5-11)16-17-8-2-1-3-9-17/h4-7H,1-3,8-10H2/b16-13-. The van der Waals surface area contributed by atoms with Crippen LogP contribution in [-0.4, -0.2) is 29.1 Å². The van der Waals surface area contributed by atoms with Crippen LogP contribution < -0.4 is 0 Å². The zero-order valence-corrected chi connectivity index (χ0v) is 12.9. The molecular weight excluding hydrogens is 344 g/mol.